The molecular formula is C11H18BrNO2S2. The second-order valence-electron chi connectivity index (χ2n) is 4.01. The number of thiophene rings is 1. The summed E-state index contributed by atoms with van der Waals surface area (Å²) in [7, 11) is -2.88. The van der Waals surface area contributed by atoms with E-state index in [4.69, 9.17) is 0 Å². The van der Waals surface area contributed by atoms with Gasteiger partial charge in [-0.05, 0) is 41.4 Å². The van der Waals surface area contributed by atoms with Crippen LogP contribution in [0, 0.1) is 0 Å². The number of nitrogens with one attached hydrogen (secondary N) is 1. The van der Waals surface area contributed by atoms with Crippen molar-refractivity contribution in [3.8, 4) is 0 Å². The number of halogens is 1. The van der Waals surface area contributed by atoms with E-state index in [1.165, 1.54) is 4.88 Å². The normalized spacial score (nSPS) is 13.8. The maximum absolute atomic E-state index is 11.4. The lowest BCUT2D eigenvalue weighted by Crippen LogP contribution is -2.34. The zero-order valence-electron chi connectivity index (χ0n) is 10.1. The maximum atomic E-state index is 11.4. The van der Waals surface area contributed by atoms with Gasteiger partial charge in [-0.1, -0.05) is 6.92 Å². The molecule has 0 fully saturated rings. The highest BCUT2D eigenvalue weighted by Crippen LogP contribution is 2.22. The summed E-state index contributed by atoms with van der Waals surface area (Å²) in [4.78, 5) is 1.30. The zero-order valence-corrected chi connectivity index (χ0v) is 13.3. The second-order valence-corrected chi connectivity index (χ2v) is 8.96. The Morgan fingerprint density at radius 2 is 2.18 bits per heavy atom. The van der Waals surface area contributed by atoms with Gasteiger partial charge in [0.25, 0.3) is 0 Å². The lowest BCUT2D eigenvalue weighted by molar-refractivity contribution is 0.559. The van der Waals surface area contributed by atoms with E-state index in [9.17, 15) is 8.42 Å². The van der Waals surface area contributed by atoms with Crippen LogP contribution < -0.4 is 5.32 Å². The van der Waals surface area contributed by atoms with Gasteiger partial charge in [-0.25, -0.2) is 8.42 Å². The van der Waals surface area contributed by atoms with Crippen molar-refractivity contribution in [1.82, 2.24) is 5.32 Å². The van der Waals surface area contributed by atoms with Crippen molar-refractivity contribution in [1.29, 1.82) is 0 Å². The Balaban J connectivity index is 2.27. The Hall–Kier alpha value is 0.0900. The van der Waals surface area contributed by atoms with Crippen molar-refractivity contribution in [2.24, 2.45) is 0 Å². The summed E-state index contributed by atoms with van der Waals surface area (Å²) in [5.41, 5.74) is 0. The van der Waals surface area contributed by atoms with Gasteiger partial charge in [0.2, 0.25) is 0 Å². The van der Waals surface area contributed by atoms with Gasteiger partial charge in [-0.3, -0.25) is 0 Å². The fraction of sp³-hybridized carbons (Fsp3) is 0.636. The molecule has 0 bridgehead atoms. The molecule has 0 aliphatic carbocycles. The Bertz CT molecular complexity index is 442. The third-order valence-corrected chi connectivity index (χ3v) is 6.01. The van der Waals surface area contributed by atoms with E-state index < -0.39 is 9.84 Å². The van der Waals surface area contributed by atoms with Gasteiger partial charge in [0, 0.05) is 23.2 Å². The van der Waals surface area contributed by atoms with Gasteiger partial charge < -0.3 is 5.32 Å². The predicted octanol–water partition coefficient (Wildman–Crippen LogP) is 2.47. The molecule has 1 atom stereocenters. The average molecular weight is 340 g/mol. The summed E-state index contributed by atoms with van der Waals surface area (Å²) >= 11 is 5.14. The van der Waals surface area contributed by atoms with Crippen molar-refractivity contribution < 1.29 is 8.42 Å². The molecule has 1 aromatic rings. The number of hydrogen-bond donors (Lipinski definition) is 1. The van der Waals surface area contributed by atoms with Crippen molar-refractivity contribution in [3.63, 3.8) is 0 Å². The van der Waals surface area contributed by atoms with Gasteiger partial charge in [0.15, 0.2) is 9.84 Å². The molecule has 0 saturated carbocycles. The fourth-order valence-corrected chi connectivity index (χ4v) is 4.08. The zero-order chi connectivity index (χ0) is 12.9. The molecule has 98 valence electrons. The van der Waals surface area contributed by atoms with Gasteiger partial charge in [-0.15, -0.1) is 11.3 Å². The van der Waals surface area contributed by atoms with E-state index >= 15 is 0 Å². The standard InChI is InChI=1S/C11H18BrNO2S2/c1-3-17(14,15)8-9(2)13-7-6-10-4-5-11(12)16-10/h4-5,9,13H,3,6-8H2,1-2H3. The SMILES string of the molecule is CCS(=O)(=O)CC(C)NCCc1ccc(Br)s1. The number of sulfone groups is 1. The Kier molecular flexibility index (Phi) is 6.12. The third-order valence-electron chi connectivity index (χ3n) is 2.44. The summed E-state index contributed by atoms with van der Waals surface area (Å²) < 4.78 is 23.9. The highest BCUT2D eigenvalue weighted by atomic mass is 79.9. The monoisotopic (exact) mass is 339 g/mol. The first-order valence-electron chi connectivity index (χ1n) is 5.61. The summed E-state index contributed by atoms with van der Waals surface area (Å²) in [6.07, 6.45) is 0.937. The van der Waals surface area contributed by atoms with E-state index in [-0.39, 0.29) is 17.5 Å². The van der Waals surface area contributed by atoms with Gasteiger partial charge >= 0.3 is 0 Å². The Morgan fingerprint density at radius 3 is 2.71 bits per heavy atom. The quantitative estimate of drug-likeness (QED) is 0.829. The molecule has 0 aliphatic heterocycles. The van der Waals surface area contributed by atoms with Crippen LogP contribution in [0.5, 0.6) is 0 Å². The van der Waals surface area contributed by atoms with Crippen LogP contribution in [0.2, 0.25) is 0 Å². The molecule has 0 saturated heterocycles. The van der Waals surface area contributed by atoms with Crippen LogP contribution >= 0.6 is 27.3 Å². The van der Waals surface area contributed by atoms with Crippen molar-refractivity contribution in [3.05, 3.63) is 20.8 Å². The average Bonchev–Trinajstić information content (AvgIpc) is 2.63. The highest BCUT2D eigenvalue weighted by molar-refractivity contribution is 9.11. The maximum Gasteiger partial charge on any atom is 0.151 e. The summed E-state index contributed by atoms with van der Waals surface area (Å²) in [5, 5.41) is 3.24. The molecule has 1 heterocycles. The molecule has 1 unspecified atom stereocenters. The fourth-order valence-electron chi connectivity index (χ4n) is 1.49. The molecule has 0 aromatic carbocycles. The first kappa shape index (κ1) is 15.1. The minimum Gasteiger partial charge on any atom is -0.313 e. The number of rotatable bonds is 7. The molecule has 3 nitrogen and oxygen atoms in total. The van der Waals surface area contributed by atoms with E-state index in [0.29, 0.717) is 0 Å². The smallest absolute Gasteiger partial charge is 0.151 e. The van der Waals surface area contributed by atoms with Gasteiger partial charge in [0.1, 0.15) is 0 Å². The minimum atomic E-state index is -2.88. The summed E-state index contributed by atoms with van der Waals surface area (Å²) in [6, 6.07) is 4.14. The van der Waals surface area contributed by atoms with Crippen molar-refractivity contribution in [2.75, 3.05) is 18.1 Å². The van der Waals surface area contributed by atoms with E-state index in [0.717, 1.165) is 16.8 Å². The lowest BCUT2D eigenvalue weighted by atomic mass is 10.3. The second kappa shape index (κ2) is 6.87. The molecule has 1 aromatic heterocycles. The molecule has 6 heteroatoms. The third kappa shape index (κ3) is 5.99. The van der Waals surface area contributed by atoms with Crippen LogP contribution in [-0.2, 0) is 16.3 Å². The van der Waals surface area contributed by atoms with E-state index in [1.54, 1.807) is 18.3 Å². The molecule has 0 aliphatic rings. The van der Waals surface area contributed by atoms with Gasteiger partial charge in [0.05, 0.1) is 9.54 Å². The Morgan fingerprint density at radius 1 is 1.47 bits per heavy atom. The van der Waals surface area contributed by atoms with Crippen LogP contribution in [0.3, 0.4) is 0 Å². The van der Waals surface area contributed by atoms with Crippen LogP contribution in [0.1, 0.15) is 18.7 Å². The van der Waals surface area contributed by atoms with Crippen molar-refractivity contribution >= 4 is 37.1 Å². The minimum absolute atomic E-state index is 0.0170. The first-order chi connectivity index (χ1) is 7.93. The molecule has 1 rings (SSSR count). The largest absolute Gasteiger partial charge is 0.313 e. The van der Waals surface area contributed by atoms with Crippen molar-refractivity contribution in [2.45, 2.75) is 26.3 Å². The summed E-state index contributed by atoms with van der Waals surface area (Å²) in [6.45, 7) is 4.41. The van der Waals surface area contributed by atoms with Crippen LogP contribution in [0.25, 0.3) is 0 Å². The van der Waals surface area contributed by atoms with Crippen LogP contribution in [-0.4, -0.2) is 32.5 Å². The molecule has 0 radical (unpaired) electrons. The van der Waals surface area contributed by atoms with E-state index in [1.807, 2.05) is 13.0 Å². The van der Waals surface area contributed by atoms with Crippen LogP contribution in [0.15, 0.2) is 15.9 Å². The van der Waals surface area contributed by atoms with Crippen LogP contribution in [0.4, 0.5) is 0 Å². The molecule has 17 heavy (non-hydrogen) atoms. The topological polar surface area (TPSA) is 46.2 Å². The molecule has 0 amide bonds. The highest BCUT2D eigenvalue weighted by Gasteiger charge is 2.12. The number of hydrogen-bond acceptors (Lipinski definition) is 4. The van der Waals surface area contributed by atoms with Gasteiger partial charge in [-0.2, -0.15) is 0 Å². The van der Waals surface area contributed by atoms with E-state index in [2.05, 4.69) is 27.3 Å². The molecular weight excluding hydrogens is 322 g/mol. The lowest BCUT2D eigenvalue weighted by Gasteiger charge is -2.12. The Labute approximate surface area is 116 Å². The first-order valence-corrected chi connectivity index (χ1v) is 9.04. The molecule has 0 spiro atoms. The summed E-state index contributed by atoms with van der Waals surface area (Å²) in [5.74, 6) is 0.439. The molecule has 1 N–H and O–H groups in total. The predicted molar refractivity (Wildman–Crippen MR) is 77.5 cm³/mol.